The highest BCUT2D eigenvalue weighted by Gasteiger charge is 2.17. The van der Waals surface area contributed by atoms with Crippen LogP contribution in [-0.2, 0) is 9.53 Å². The van der Waals surface area contributed by atoms with Crippen molar-refractivity contribution in [2.45, 2.75) is 0 Å². The second-order valence-corrected chi connectivity index (χ2v) is 5.50. The van der Waals surface area contributed by atoms with Gasteiger partial charge in [-0.05, 0) is 23.6 Å². The Morgan fingerprint density at radius 1 is 1.11 bits per heavy atom. The number of fused-ring (bicyclic) bond motifs is 1. The molecule has 0 aliphatic carbocycles. The SMILES string of the molecule is O=C(COC(=O)c1cc2ccccc2c(=O)[nH]1)Nc1ccccc1[N+](=O)[O-]. The molecule has 0 aliphatic heterocycles. The minimum atomic E-state index is -0.893. The molecule has 0 bridgehead atoms. The van der Waals surface area contributed by atoms with Gasteiger partial charge < -0.3 is 15.0 Å². The van der Waals surface area contributed by atoms with Crippen LogP contribution in [0, 0.1) is 10.1 Å². The van der Waals surface area contributed by atoms with E-state index < -0.39 is 29.0 Å². The molecule has 136 valence electrons. The maximum atomic E-state index is 12.1. The number of rotatable bonds is 5. The average Bonchev–Trinajstić information content (AvgIpc) is 2.66. The van der Waals surface area contributed by atoms with Crippen LogP contribution in [-0.4, -0.2) is 28.4 Å². The molecule has 0 saturated heterocycles. The van der Waals surface area contributed by atoms with Gasteiger partial charge in [0, 0.05) is 11.5 Å². The monoisotopic (exact) mass is 367 g/mol. The zero-order valence-electron chi connectivity index (χ0n) is 13.8. The molecule has 1 amide bonds. The number of para-hydroxylation sites is 2. The molecule has 0 atom stereocenters. The lowest BCUT2D eigenvalue weighted by molar-refractivity contribution is -0.383. The summed E-state index contributed by atoms with van der Waals surface area (Å²) in [4.78, 5) is 48.7. The standard InChI is InChI=1S/C18H13N3O6/c22-16(19-13-7-3-4-8-15(13)21(25)26)10-27-18(24)14-9-11-5-1-2-6-12(11)17(23)20-14/h1-9H,10H2,(H,19,22)(H,20,23). The van der Waals surface area contributed by atoms with Crippen LogP contribution >= 0.6 is 0 Å². The molecule has 0 fully saturated rings. The van der Waals surface area contributed by atoms with Crippen molar-refractivity contribution in [2.24, 2.45) is 0 Å². The summed E-state index contributed by atoms with van der Waals surface area (Å²) in [6.45, 7) is -0.667. The molecule has 1 heterocycles. The average molecular weight is 367 g/mol. The number of carbonyl (C=O) groups excluding carboxylic acids is 2. The van der Waals surface area contributed by atoms with E-state index in [-0.39, 0.29) is 17.1 Å². The van der Waals surface area contributed by atoms with Crippen molar-refractivity contribution in [1.82, 2.24) is 4.98 Å². The van der Waals surface area contributed by atoms with Crippen LogP contribution in [0.4, 0.5) is 11.4 Å². The van der Waals surface area contributed by atoms with Crippen LogP contribution in [0.25, 0.3) is 10.8 Å². The number of aromatic nitrogens is 1. The van der Waals surface area contributed by atoms with Crippen LogP contribution < -0.4 is 10.9 Å². The first-order valence-corrected chi connectivity index (χ1v) is 7.78. The number of aromatic amines is 1. The van der Waals surface area contributed by atoms with E-state index in [1.807, 2.05) is 0 Å². The van der Waals surface area contributed by atoms with Crippen molar-refractivity contribution in [3.8, 4) is 0 Å². The summed E-state index contributed by atoms with van der Waals surface area (Å²) in [7, 11) is 0. The Labute approximate surface area is 151 Å². The Hall–Kier alpha value is -4.01. The van der Waals surface area contributed by atoms with E-state index in [1.54, 1.807) is 24.3 Å². The van der Waals surface area contributed by atoms with Crippen molar-refractivity contribution >= 4 is 34.0 Å². The highest BCUT2D eigenvalue weighted by molar-refractivity contribution is 5.97. The van der Waals surface area contributed by atoms with E-state index in [9.17, 15) is 24.5 Å². The number of nitrogens with one attached hydrogen (secondary N) is 2. The Bertz CT molecular complexity index is 1110. The molecule has 0 spiro atoms. The Kier molecular flexibility index (Phi) is 4.93. The zero-order valence-corrected chi connectivity index (χ0v) is 13.8. The Morgan fingerprint density at radius 2 is 1.81 bits per heavy atom. The van der Waals surface area contributed by atoms with Gasteiger partial charge >= 0.3 is 5.97 Å². The van der Waals surface area contributed by atoms with Crippen LogP contribution in [0.3, 0.4) is 0 Å². The van der Waals surface area contributed by atoms with E-state index >= 15 is 0 Å². The summed E-state index contributed by atoms with van der Waals surface area (Å²) in [5, 5.41) is 14.2. The summed E-state index contributed by atoms with van der Waals surface area (Å²) < 4.78 is 4.88. The summed E-state index contributed by atoms with van der Waals surface area (Å²) in [5.41, 5.74) is -0.847. The van der Waals surface area contributed by atoms with Crippen LogP contribution in [0.2, 0.25) is 0 Å². The molecule has 2 N–H and O–H groups in total. The number of nitro groups is 1. The first kappa shape index (κ1) is 17.8. The van der Waals surface area contributed by atoms with Crippen LogP contribution in [0.1, 0.15) is 10.5 Å². The second kappa shape index (κ2) is 7.48. The fourth-order valence-electron chi connectivity index (χ4n) is 2.45. The van der Waals surface area contributed by atoms with Gasteiger partial charge in [-0.1, -0.05) is 30.3 Å². The van der Waals surface area contributed by atoms with Gasteiger partial charge in [-0.15, -0.1) is 0 Å². The molecule has 0 saturated carbocycles. The number of anilines is 1. The molecule has 0 radical (unpaired) electrons. The first-order chi connectivity index (χ1) is 13.0. The zero-order chi connectivity index (χ0) is 19.4. The molecule has 27 heavy (non-hydrogen) atoms. The number of nitro benzene ring substituents is 1. The summed E-state index contributed by atoms with van der Waals surface area (Å²) in [6, 6.07) is 13.7. The maximum Gasteiger partial charge on any atom is 0.355 e. The van der Waals surface area contributed by atoms with E-state index in [2.05, 4.69) is 10.3 Å². The van der Waals surface area contributed by atoms with Crippen LogP contribution in [0.5, 0.6) is 0 Å². The Balaban J connectivity index is 1.68. The number of hydrogen-bond acceptors (Lipinski definition) is 6. The van der Waals surface area contributed by atoms with Crippen LogP contribution in [0.15, 0.2) is 59.4 Å². The molecule has 1 aromatic heterocycles. The van der Waals surface area contributed by atoms with E-state index in [0.29, 0.717) is 10.8 Å². The molecular weight excluding hydrogens is 354 g/mol. The van der Waals surface area contributed by atoms with Crippen molar-refractivity contribution < 1.29 is 19.2 Å². The summed E-state index contributed by atoms with van der Waals surface area (Å²) in [6.07, 6.45) is 0. The lowest BCUT2D eigenvalue weighted by Crippen LogP contribution is -2.23. The van der Waals surface area contributed by atoms with Crippen molar-refractivity contribution in [2.75, 3.05) is 11.9 Å². The molecule has 3 rings (SSSR count). The van der Waals surface area contributed by atoms with Crippen molar-refractivity contribution in [3.05, 3.63) is 80.8 Å². The van der Waals surface area contributed by atoms with Gasteiger partial charge in [-0.25, -0.2) is 4.79 Å². The molecular formula is C18H13N3O6. The third-order valence-corrected chi connectivity index (χ3v) is 3.68. The Morgan fingerprint density at radius 3 is 2.59 bits per heavy atom. The highest BCUT2D eigenvalue weighted by atomic mass is 16.6. The smallest absolute Gasteiger partial charge is 0.355 e. The molecule has 9 nitrogen and oxygen atoms in total. The minimum Gasteiger partial charge on any atom is -0.451 e. The number of H-pyrrole nitrogens is 1. The van der Waals surface area contributed by atoms with Crippen molar-refractivity contribution in [3.63, 3.8) is 0 Å². The van der Waals surface area contributed by atoms with Gasteiger partial charge in [0.25, 0.3) is 17.2 Å². The predicted octanol–water partition coefficient (Wildman–Crippen LogP) is 2.23. The van der Waals surface area contributed by atoms with E-state index in [0.717, 1.165) is 0 Å². The largest absolute Gasteiger partial charge is 0.451 e. The lowest BCUT2D eigenvalue weighted by atomic mass is 10.1. The number of amides is 1. The van der Waals surface area contributed by atoms with Crippen molar-refractivity contribution in [1.29, 1.82) is 0 Å². The molecule has 0 unspecified atom stereocenters. The quantitative estimate of drug-likeness (QED) is 0.404. The van der Waals surface area contributed by atoms with Gasteiger partial charge in [0.2, 0.25) is 0 Å². The van der Waals surface area contributed by atoms with Gasteiger partial charge in [0.1, 0.15) is 11.4 Å². The first-order valence-electron chi connectivity index (χ1n) is 7.78. The molecule has 2 aromatic carbocycles. The summed E-state index contributed by atoms with van der Waals surface area (Å²) >= 11 is 0. The van der Waals surface area contributed by atoms with Gasteiger partial charge in [0.05, 0.1) is 4.92 Å². The second-order valence-electron chi connectivity index (χ2n) is 5.50. The topological polar surface area (TPSA) is 131 Å². The van der Waals surface area contributed by atoms with Gasteiger partial charge in [-0.3, -0.25) is 19.7 Å². The third kappa shape index (κ3) is 3.98. The number of pyridine rings is 1. The summed E-state index contributed by atoms with van der Waals surface area (Å²) in [5.74, 6) is -1.64. The van der Waals surface area contributed by atoms with Gasteiger partial charge in [-0.2, -0.15) is 0 Å². The van der Waals surface area contributed by atoms with E-state index in [1.165, 1.54) is 30.3 Å². The lowest BCUT2D eigenvalue weighted by Gasteiger charge is -2.07. The number of benzene rings is 2. The molecule has 3 aromatic rings. The fraction of sp³-hybridized carbons (Fsp3) is 0.0556. The number of ether oxygens (including phenoxy) is 1. The highest BCUT2D eigenvalue weighted by Crippen LogP contribution is 2.22. The predicted molar refractivity (Wildman–Crippen MR) is 96.6 cm³/mol. The number of esters is 1. The number of carbonyl (C=O) groups is 2. The third-order valence-electron chi connectivity index (χ3n) is 3.68. The molecule has 0 aliphatic rings. The number of nitrogens with zero attached hydrogens (tertiary/aromatic N) is 1. The van der Waals surface area contributed by atoms with Gasteiger partial charge in [0.15, 0.2) is 6.61 Å². The normalized spacial score (nSPS) is 10.4. The fourth-order valence-corrected chi connectivity index (χ4v) is 2.45. The minimum absolute atomic E-state index is 0.0114. The van der Waals surface area contributed by atoms with E-state index in [4.69, 9.17) is 4.74 Å². The number of hydrogen-bond donors (Lipinski definition) is 2. The maximum absolute atomic E-state index is 12.1. The molecule has 9 heteroatoms.